The molecule has 0 atom stereocenters. The normalized spacial score (nSPS) is 10.8. The summed E-state index contributed by atoms with van der Waals surface area (Å²) >= 11 is 0. The van der Waals surface area contributed by atoms with Crippen molar-refractivity contribution in [3.8, 4) is 0 Å². The van der Waals surface area contributed by atoms with Crippen LogP contribution in [0.25, 0.3) is 0 Å². The first-order valence-corrected chi connectivity index (χ1v) is 5.30. The topological polar surface area (TPSA) is 47.7 Å². The zero-order chi connectivity index (χ0) is 11.7. The average Bonchev–Trinajstić information content (AvgIpc) is 2.70. The van der Waals surface area contributed by atoms with Gasteiger partial charge in [0, 0.05) is 25.9 Å². The highest BCUT2D eigenvalue weighted by molar-refractivity contribution is 5.36. The van der Waals surface area contributed by atoms with Gasteiger partial charge in [-0.2, -0.15) is 10.2 Å². The lowest BCUT2D eigenvalue weighted by atomic mass is 10.3. The second-order valence-electron chi connectivity index (χ2n) is 4.05. The molecular weight excluding hydrogens is 202 g/mol. The van der Waals surface area contributed by atoms with Crippen molar-refractivity contribution in [2.45, 2.75) is 20.4 Å². The molecule has 86 valence electrons. The van der Waals surface area contributed by atoms with E-state index in [0.29, 0.717) is 0 Å². The van der Waals surface area contributed by atoms with Crippen LogP contribution in [0.4, 0.5) is 5.82 Å². The van der Waals surface area contributed by atoms with Gasteiger partial charge in [0.1, 0.15) is 5.82 Å². The molecule has 2 rings (SSSR count). The van der Waals surface area contributed by atoms with Gasteiger partial charge in [-0.3, -0.25) is 9.36 Å². The van der Waals surface area contributed by atoms with Gasteiger partial charge in [-0.15, -0.1) is 0 Å². The summed E-state index contributed by atoms with van der Waals surface area (Å²) in [4.78, 5) is 0. The Balaban J connectivity index is 2.08. The van der Waals surface area contributed by atoms with Crippen molar-refractivity contribution in [1.82, 2.24) is 19.6 Å². The van der Waals surface area contributed by atoms with E-state index in [0.717, 1.165) is 18.1 Å². The Kier molecular flexibility index (Phi) is 2.68. The third-order valence-corrected chi connectivity index (χ3v) is 2.82. The van der Waals surface area contributed by atoms with Crippen LogP contribution in [-0.4, -0.2) is 19.6 Å². The molecule has 2 heterocycles. The summed E-state index contributed by atoms with van der Waals surface area (Å²) in [5.41, 5.74) is 3.52. The summed E-state index contributed by atoms with van der Waals surface area (Å²) in [5, 5.41) is 11.8. The van der Waals surface area contributed by atoms with Gasteiger partial charge in [-0.1, -0.05) is 0 Å². The van der Waals surface area contributed by atoms with Crippen LogP contribution in [0.1, 0.15) is 17.0 Å². The van der Waals surface area contributed by atoms with Crippen molar-refractivity contribution in [3.05, 3.63) is 29.2 Å². The van der Waals surface area contributed by atoms with E-state index in [9.17, 15) is 0 Å². The monoisotopic (exact) mass is 219 g/mol. The SMILES string of the molecule is Cc1cnn(C)c1CNc1cc(C)n(C)n1. The molecule has 0 saturated carbocycles. The molecule has 2 aromatic heterocycles. The van der Waals surface area contributed by atoms with Crippen molar-refractivity contribution >= 4 is 5.82 Å². The molecule has 0 bridgehead atoms. The van der Waals surface area contributed by atoms with Gasteiger partial charge >= 0.3 is 0 Å². The van der Waals surface area contributed by atoms with Crippen LogP contribution in [0.15, 0.2) is 12.3 Å². The fourth-order valence-electron chi connectivity index (χ4n) is 1.65. The van der Waals surface area contributed by atoms with E-state index in [1.165, 1.54) is 11.3 Å². The molecule has 16 heavy (non-hydrogen) atoms. The predicted molar refractivity (Wildman–Crippen MR) is 63.2 cm³/mol. The molecule has 0 unspecified atom stereocenters. The molecule has 0 aliphatic heterocycles. The lowest BCUT2D eigenvalue weighted by Crippen LogP contribution is -2.07. The van der Waals surface area contributed by atoms with Gasteiger partial charge in [0.25, 0.3) is 0 Å². The number of aromatic nitrogens is 4. The van der Waals surface area contributed by atoms with Crippen LogP contribution in [-0.2, 0) is 20.6 Å². The van der Waals surface area contributed by atoms with E-state index in [-0.39, 0.29) is 0 Å². The van der Waals surface area contributed by atoms with Crippen molar-refractivity contribution in [2.75, 3.05) is 5.32 Å². The Morgan fingerprint density at radius 1 is 1.25 bits per heavy atom. The van der Waals surface area contributed by atoms with Crippen LogP contribution in [0.3, 0.4) is 0 Å². The first-order chi connectivity index (χ1) is 7.58. The summed E-state index contributed by atoms with van der Waals surface area (Å²) in [7, 11) is 3.89. The highest BCUT2D eigenvalue weighted by Crippen LogP contribution is 2.11. The molecule has 0 aliphatic carbocycles. The van der Waals surface area contributed by atoms with Gasteiger partial charge in [-0.25, -0.2) is 0 Å². The van der Waals surface area contributed by atoms with Gasteiger partial charge in [0.05, 0.1) is 18.4 Å². The molecule has 0 spiro atoms. The molecule has 5 nitrogen and oxygen atoms in total. The zero-order valence-electron chi connectivity index (χ0n) is 10.2. The van der Waals surface area contributed by atoms with Crippen LogP contribution in [0.2, 0.25) is 0 Å². The summed E-state index contributed by atoms with van der Waals surface area (Å²) in [6, 6.07) is 2.03. The Morgan fingerprint density at radius 3 is 2.50 bits per heavy atom. The molecule has 1 N–H and O–H groups in total. The van der Waals surface area contributed by atoms with Crippen LogP contribution < -0.4 is 5.32 Å². The second kappa shape index (κ2) is 4.00. The summed E-state index contributed by atoms with van der Waals surface area (Å²) < 4.78 is 3.75. The standard InChI is InChI=1S/C11H17N5/c1-8-6-13-16(4)10(8)7-12-11-5-9(2)15(3)14-11/h5-6H,7H2,1-4H3,(H,12,14). The van der Waals surface area contributed by atoms with Crippen LogP contribution >= 0.6 is 0 Å². The molecule has 5 heteroatoms. The minimum Gasteiger partial charge on any atom is -0.363 e. The molecule has 0 saturated heterocycles. The van der Waals surface area contributed by atoms with Crippen LogP contribution in [0, 0.1) is 13.8 Å². The third-order valence-electron chi connectivity index (χ3n) is 2.82. The second-order valence-corrected chi connectivity index (χ2v) is 4.05. The lowest BCUT2D eigenvalue weighted by molar-refractivity contribution is 0.713. The minimum absolute atomic E-state index is 0.749. The maximum absolute atomic E-state index is 4.34. The largest absolute Gasteiger partial charge is 0.363 e. The molecule has 0 aromatic carbocycles. The number of anilines is 1. The minimum atomic E-state index is 0.749. The average molecular weight is 219 g/mol. The molecule has 0 radical (unpaired) electrons. The number of aryl methyl sites for hydroxylation is 4. The Labute approximate surface area is 95.1 Å². The number of nitrogens with zero attached hydrogens (tertiary/aromatic N) is 4. The maximum Gasteiger partial charge on any atom is 0.148 e. The summed E-state index contributed by atoms with van der Waals surface area (Å²) in [5.74, 6) is 0.903. The number of nitrogens with one attached hydrogen (secondary N) is 1. The molecular formula is C11H17N5. The highest BCUT2D eigenvalue weighted by atomic mass is 15.3. The number of hydrogen-bond donors (Lipinski definition) is 1. The van der Waals surface area contributed by atoms with Crippen LogP contribution in [0.5, 0.6) is 0 Å². The number of rotatable bonds is 3. The van der Waals surface area contributed by atoms with Gasteiger partial charge < -0.3 is 5.32 Å². The van der Waals surface area contributed by atoms with E-state index in [1.54, 1.807) is 0 Å². The first kappa shape index (κ1) is 10.7. The third kappa shape index (κ3) is 1.93. The van der Waals surface area contributed by atoms with E-state index < -0.39 is 0 Å². The van der Waals surface area contributed by atoms with Crippen molar-refractivity contribution in [3.63, 3.8) is 0 Å². The van der Waals surface area contributed by atoms with E-state index in [1.807, 2.05) is 42.6 Å². The summed E-state index contributed by atoms with van der Waals surface area (Å²) in [6.45, 7) is 4.85. The summed E-state index contributed by atoms with van der Waals surface area (Å²) in [6.07, 6.45) is 1.88. The number of hydrogen-bond acceptors (Lipinski definition) is 3. The fourth-order valence-corrected chi connectivity index (χ4v) is 1.65. The zero-order valence-corrected chi connectivity index (χ0v) is 10.2. The molecule has 0 amide bonds. The predicted octanol–water partition coefficient (Wildman–Crippen LogP) is 1.38. The molecule has 0 aliphatic rings. The Hall–Kier alpha value is -1.78. The Bertz CT molecular complexity index is 455. The van der Waals surface area contributed by atoms with Crippen molar-refractivity contribution in [2.24, 2.45) is 14.1 Å². The molecule has 2 aromatic rings. The highest BCUT2D eigenvalue weighted by Gasteiger charge is 2.05. The van der Waals surface area contributed by atoms with E-state index >= 15 is 0 Å². The molecule has 0 fully saturated rings. The lowest BCUT2D eigenvalue weighted by Gasteiger charge is -2.04. The van der Waals surface area contributed by atoms with Gasteiger partial charge in [0.15, 0.2) is 0 Å². The first-order valence-electron chi connectivity index (χ1n) is 5.30. The Morgan fingerprint density at radius 2 is 2.00 bits per heavy atom. The smallest absolute Gasteiger partial charge is 0.148 e. The maximum atomic E-state index is 4.34. The van der Waals surface area contributed by atoms with Crippen molar-refractivity contribution < 1.29 is 0 Å². The fraction of sp³-hybridized carbons (Fsp3) is 0.455. The van der Waals surface area contributed by atoms with Gasteiger partial charge in [-0.05, 0) is 19.4 Å². The van der Waals surface area contributed by atoms with Crippen molar-refractivity contribution in [1.29, 1.82) is 0 Å². The quantitative estimate of drug-likeness (QED) is 0.848. The van der Waals surface area contributed by atoms with Gasteiger partial charge in [0.2, 0.25) is 0 Å². The van der Waals surface area contributed by atoms with E-state index in [4.69, 9.17) is 0 Å². The van der Waals surface area contributed by atoms with E-state index in [2.05, 4.69) is 22.4 Å².